The molecule has 108 valence electrons. The van der Waals surface area contributed by atoms with Gasteiger partial charge in [-0.1, -0.05) is 33.8 Å². The third kappa shape index (κ3) is 3.18. The van der Waals surface area contributed by atoms with Crippen molar-refractivity contribution in [1.29, 1.82) is 0 Å². The van der Waals surface area contributed by atoms with Gasteiger partial charge in [0.1, 0.15) is 0 Å². The Labute approximate surface area is 117 Å². The van der Waals surface area contributed by atoms with E-state index in [-0.39, 0.29) is 10.3 Å². The second-order valence-electron chi connectivity index (χ2n) is 5.06. The highest BCUT2D eigenvalue weighted by Gasteiger charge is 2.28. The molecule has 0 atom stereocenters. The fraction of sp³-hybridized carbons (Fsp3) is 0.600. The Balaban J connectivity index is 3.46. The number of rotatable bonds is 6. The fourth-order valence-corrected chi connectivity index (χ4v) is 3.44. The highest BCUT2D eigenvalue weighted by molar-refractivity contribution is 7.89. The van der Waals surface area contributed by atoms with Crippen LogP contribution in [0.2, 0.25) is 0 Å². The standard InChI is InChI=1S/C15H25NO2S/c1-5-12-11-13(19(16,17)18)9-10-14(12)15(6-2,7-3)8-4/h9-11H,5-8H2,1-4H3,(H2,16,17,18). The lowest BCUT2D eigenvalue weighted by molar-refractivity contribution is 0.378. The Bertz CT molecular complexity index is 523. The van der Waals surface area contributed by atoms with E-state index < -0.39 is 10.0 Å². The maximum Gasteiger partial charge on any atom is 0.238 e. The van der Waals surface area contributed by atoms with Gasteiger partial charge in [0.05, 0.1) is 4.90 Å². The van der Waals surface area contributed by atoms with Crippen LogP contribution in [-0.4, -0.2) is 8.42 Å². The molecule has 1 aromatic carbocycles. The maximum absolute atomic E-state index is 11.4. The summed E-state index contributed by atoms with van der Waals surface area (Å²) in [5.74, 6) is 0. The number of nitrogens with two attached hydrogens (primary N) is 1. The minimum Gasteiger partial charge on any atom is -0.225 e. The molecule has 0 aliphatic carbocycles. The first kappa shape index (κ1) is 16.2. The summed E-state index contributed by atoms with van der Waals surface area (Å²) in [6, 6.07) is 5.33. The SMILES string of the molecule is CCc1cc(S(N)(=O)=O)ccc1C(CC)(CC)CC. The van der Waals surface area contributed by atoms with E-state index in [1.165, 1.54) is 5.56 Å². The molecule has 0 fully saturated rings. The monoisotopic (exact) mass is 283 g/mol. The van der Waals surface area contributed by atoms with Crippen LogP contribution in [0.3, 0.4) is 0 Å². The van der Waals surface area contributed by atoms with Crippen molar-refractivity contribution in [3.63, 3.8) is 0 Å². The Kier molecular flexibility index (Phi) is 5.16. The topological polar surface area (TPSA) is 60.2 Å². The van der Waals surface area contributed by atoms with E-state index in [9.17, 15) is 8.42 Å². The van der Waals surface area contributed by atoms with Crippen molar-refractivity contribution in [3.05, 3.63) is 29.3 Å². The summed E-state index contributed by atoms with van der Waals surface area (Å²) in [7, 11) is -3.62. The predicted molar refractivity (Wildman–Crippen MR) is 79.7 cm³/mol. The van der Waals surface area contributed by atoms with Gasteiger partial charge in [0.2, 0.25) is 10.0 Å². The van der Waals surface area contributed by atoms with E-state index in [4.69, 9.17) is 5.14 Å². The molecule has 4 heteroatoms. The maximum atomic E-state index is 11.4. The summed E-state index contributed by atoms with van der Waals surface area (Å²) >= 11 is 0. The first-order valence-corrected chi connectivity index (χ1v) is 8.55. The van der Waals surface area contributed by atoms with Crippen molar-refractivity contribution >= 4 is 10.0 Å². The van der Waals surface area contributed by atoms with Gasteiger partial charge >= 0.3 is 0 Å². The van der Waals surface area contributed by atoms with E-state index in [0.29, 0.717) is 0 Å². The summed E-state index contributed by atoms with van der Waals surface area (Å²) < 4.78 is 22.9. The molecule has 1 rings (SSSR count). The predicted octanol–water partition coefficient (Wildman–Crippen LogP) is 3.36. The summed E-state index contributed by atoms with van der Waals surface area (Å²) in [4.78, 5) is 0.213. The van der Waals surface area contributed by atoms with Gasteiger partial charge < -0.3 is 0 Å². The zero-order valence-corrected chi connectivity index (χ0v) is 13.2. The third-order valence-corrected chi connectivity index (χ3v) is 5.30. The zero-order chi connectivity index (χ0) is 14.7. The van der Waals surface area contributed by atoms with Gasteiger partial charge in [-0.05, 0) is 54.4 Å². The first-order chi connectivity index (χ1) is 8.84. The average Bonchev–Trinajstić information content (AvgIpc) is 2.40. The van der Waals surface area contributed by atoms with Gasteiger partial charge in [0.15, 0.2) is 0 Å². The van der Waals surface area contributed by atoms with Crippen LogP contribution in [0.15, 0.2) is 23.1 Å². The van der Waals surface area contributed by atoms with E-state index in [1.807, 2.05) is 6.07 Å². The molecule has 19 heavy (non-hydrogen) atoms. The van der Waals surface area contributed by atoms with E-state index in [0.717, 1.165) is 31.2 Å². The lowest BCUT2D eigenvalue weighted by Gasteiger charge is -2.33. The van der Waals surface area contributed by atoms with Gasteiger partial charge in [-0.25, -0.2) is 13.6 Å². The van der Waals surface area contributed by atoms with Crippen LogP contribution in [0.4, 0.5) is 0 Å². The molecule has 0 saturated heterocycles. The van der Waals surface area contributed by atoms with Crippen molar-refractivity contribution in [3.8, 4) is 0 Å². The quantitative estimate of drug-likeness (QED) is 0.870. The highest BCUT2D eigenvalue weighted by Crippen LogP contribution is 2.37. The third-order valence-electron chi connectivity index (χ3n) is 4.39. The van der Waals surface area contributed by atoms with Crippen LogP contribution in [0.25, 0.3) is 0 Å². The van der Waals surface area contributed by atoms with Crippen molar-refractivity contribution in [2.45, 2.75) is 63.7 Å². The van der Waals surface area contributed by atoms with Crippen LogP contribution < -0.4 is 5.14 Å². The summed E-state index contributed by atoms with van der Waals surface area (Å²) in [6.45, 7) is 8.64. The van der Waals surface area contributed by atoms with Gasteiger partial charge in [-0.15, -0.1) is 0 Å². The molecular weight excluding hydrogens is 258 g/mol. The minimum absolute atomic E-state index is 0.141. The van der Waals surface area contributed by atoms with Crippen LogP contribution in [0.5, 0.6) is 0 Å². The lowest BCUT2D eigenvalue weighted by Crippen LogP contribution is -2.25. The van der Waals surface area contributed by atoms with Crippen LogP contribution >= 0.6 is 0 Å². The summed E-state index contributed by atoms with van der Waals surface area (Å²) in [6.07, 6.45) is 3.99. The largest absolute Gasteiger partial charge is 0.238 e. The second-order valence-corrected chi connectivity index (χ2v) is 6.62. The molecule has 0 heterocycles. The second kappa shape index (κ2) is 6.06. The lowest BCUT2D eigenvalue weighted by atomic mass is 9.72. The number of hydrogen-bond acceptors (Lipinski definition) is 2. The van der Waals surface area contributed by atoms with E-state index in [1.54, 1.807) is 12.1 Å². The Hall–Kier alpha value is -0.870. The van der Waals surface area contributed by atoms with E-state index >= 15 is 0 Å². The number of benzene rings is 1. The van der Waals surface area contributed by atoms with Gasteiger partial charge in [-0.2, -0.15) is 0 Å². The molecule has 2 N–H and O–H groups in total. The Morgan fingerprint density at radius 3 is 1.95 bits per heavy atom. The molecule has 1 aromatic rings. The zero-order valence-electron chi connectivity index (χ0n) is 12.4. The summed E-state index contributed by atoms with van der Waals surface area (Å²) in [5, 5.41) is 5.21. The Morgan fingerprint density at radius 2 is 1.58 bits per heavy atom. The molecule has 0 aromatic heterocycles. The van der Waals surface area contributed by atoms with Gasteiger partial charge in [0.25, 0.3) is 0 Å². The van der Waals surface area contributed by atoms with Gasteiger partial charge in [0, 0.05) is 0 Å². The smallest absolute Gasteiger partial charge is 0.225 e. The molecule has 0 spiro atoms. The number of sulfonamides is 1. The minimum atomic E-state index is -3.62. The number of aryl methyl sites for hydroxylation is 1. The summed E-state index contributed by atoms with van der Waals surface area (Å²) in [5.41, 5.74) is 2.51. The first-order valence-electron chi connectivity index (χ1n) is 7.00. The van der Waals surface area contributed by atoms with Crippen molar-refractivity contribution in [2.24, 2.45) is 5.14 Å². The van der Waals surface area contributed by atoms with Crippen molar-refractivity contribution in [1.82, 2.24) is 0 Å². The average molecular weight is 283 g/mol. The fourth-order valence-electron chi connectivity index (χ4n) is 2.88. The van der Waals surface area contributed by atoms with E-state index in [2.05, 4.69) is 27.7 Å². The van der Waals surface area contributed by atoms with Crippen LogP contribution in [0.1, 0.15) is 58.1 Å². The van der Waals surface area contributed by atoms with Crippen molar-refractivity contribution < 1.29 is 8.42 Å². The normalized spacial score (nSPS) is 12.7. The number of primary sulfonamides is 1. The molecule has 0 aliphatic heterocycles. The molecular formula is C15H25NO2S. The van der Waals surface area contributed by atoms with Crippen LogP contribution in [-0.2, 0) is 21.9 Å². The van der Waals surface area contributed by atoms with Crippen LogP contribution in [0, 0.1) is 0 Å². The van der Waals surface area contributed by atoms with Gasteiger partial charge in [-0.3, -0.25) is 0 Å². The van der Waals surface area contributed by atoms with Crippen molar-refractivity contribution in [2.75, 3.05) is 0 Å². The highest BCUT2D eigenvalue weighted by atomic mass is 32.2. The molecule has 3 nitrogen and oxygen atoms in total. The molecule has 0 unspecified atom stereocenters. The molecule has 0 aliphatic rings. The Morgan fingerprint density at radius 1 is 1.05 bits per heavy atom. The molecule has 0 amide bonds. The molecule has 0 saturated carbocycles. The molecule has 0 radical (unpaired) electrons. The molecule has 0 bridgehead atoms. The number of hydrogen-bond donors (Lipinski definition) is 1.